The van der Waals surface area contributed by atoms with Crippen molar-refractivity contribution >= 4 is 0 Å². The lowest BCUT2D eigenvalue weighted by Crippen LogP contribution is -2.01. The lowest BCUT2D eigenvalue weighted by molar-refractivity contribution is 0.372. The number of hydrogen-bond acceptors (Lipinski definition) is 3. The quantitative estimate of drug-likeness (QED) is 0.850. The van der Waals surface area contributed by atoms with Gasteiger partial charge < -0.3 is 14.9 Å². The van der Waals surface area contributed by atoms with Crippen LogP contribution in [0.3, 0.4) is 0 Å². The SMILES string of the molecule is COc1cc(C(C)Cc2cc(C(C)C)ccc2O)ccc1O. The average Bonchev–Trinajstić information content (AvgIpc) is 2.49. The molecule has 0 aliphatic heterocycles. The molecule has 2 rings (SSSR count). The number of ether oxygens (including phenoxy) is 1. The van der Waals surface area contributed by atoms with E-state index >= 15 is 0 Å². The van der Waals surface area contributed by atoms with Crippen molar-refractivity contribution in [3.8, 4) is 17.2 Å². The third-order valence-corrected chi connectivity index (χ3v) is 4.07. The van der Waals surface area contributed by atoms with Gasteiger partial charge in [0.2, 0.25) is 0 Å². The summed E-state index contributed by atoms with van der Waals surface area (Å²) in [6.07, 6.45) is 0.736. The van der Waals surface area contributed by atoms with Crippen molar-refractivity contribution in [1.82, 2.24) is 0 Å². The van der Waals surface area contributed by atoms with Gasteiger partial charge in [0.1, 0.15) is 5.75 Å². The fraction of sp³-hybridized carbons (Fsp3) is 0.368. The predicted molar refractivity (Wildman–Crippen MR) is 89.0 cm³/mol. The Morgan fingerprint density at radius 1 is 0.909 bits per heavy atom. The van der Waals surface area contributed by atoms with E-state index in [9.17, 15) is 10.2 Å². The Labute approximate surface area is 132 Å². The zero-order valence-electron chi connectivity index (χ0n) is 13.6. The Morgan fingerprint density at radius 2 is 1.55 bits per heavy atom. The summed E-state index contributed by atoms with van der Waals surface area (Å²) in [7, 11) is 1.54. The number of benzene rings is 2. The standard InChI is InChI=1S/C19H24O3/c1-12(2)14-5-7-17(20)16(10-14)9-13(3)15-6-8-18(21)19(11-15)22-4/h5-8,10-13,20-21H,9H2,1-4H3. The summed E-state index contributed by atoms with van der Waals surface area (Å²) in [5.41, 5.74) is 3.25. The molecule has 0 spiro atoms. The Kier molecular flexibility index (Phi) is 4.96. The van der Waals surface area contributed by atoms with Crippen LogP contribution in [-0.2, 0) is 6.42 Å². The summed E-state index contributed by atoms with van der Waals surface area (Å²) >= 11 is 0. The molecule has 0 aliphatic carbocycles. The predicted octanol–water partition coefficient (Wildman–Crippen LogP) is 4.58. The van der Waals surface area contributed by atoms with Crippen LogP contribution in [0.2, 0.25) is 0 Å². The minimum Gasteiger partial charge on any atom is -0.508 e. The molecule has 0 aromatic heterocycles. The smallest absolute Gasteiger partial charge is 0.160 e. The van der Waals surface area contributed by atoms with E-state index in [0.29, 0.717) is 17.4 Å². The normalized spacial score (nSPS) is 12.4. The van der Waals surface area contributed by atoms with Crippen molar-refractivity contribution in [3.05, 3.63) is 53.1 Å². The highest BCUT2D eigenvalue weighted by Gasteiger charge is 2.13. The zero-order valence-corrected chi connectivity index (χ0v) is 13.6. The van der Waals surface area contributed by atoms with Gasteiger partial charge in [0.25, 0.3) is 0 Å². The van der Waals surface area contributed by atoms with Gasteiger partial charge in [-0.1, -0.05) is 39.0 Å². The molecule has 22 heavy (non-hydrogen) atoms. The number of phenolic OH excluding ortho intramolecular Hbond substituents is 2. The van der Waals surface area contributed by atoms with Gasteiger partial charge in [-0.05, 0) is 53.1 Å². The molecule has 0 radical (unpaired) electrons. The lowest BCUT2D eigenvalue weighted by Gasteiger charge is -2.16. The number of aromatic hydroxyl groups is 2. The van der Waals surface area contributed by atoms with Crippen LogP contribution in [0.1, 0.15) is 49.3 Å². The third-order valence-electron chi connectivity index (χ3n) is 4.07. The van der Waals surface area contributed by atoms with E-state index in [1.807, 2.05) is 18.2 Å². The summed E-state index contributed by atoms with van der Waals surface area (Å²) in [5, 5.41) is 19.8. The van der Waals surface area contributed by atoms with Crippen molar-refractivity contribution in [3.63, 3.8) is 0 Å². The summed E-state index contributed by atoms with van der Waals surface area (Å²) in [6, 6.07) is 11.2. The van der Waals surface area contributed by atoms with E-state index in [-0.39, 0.29) is 11.7 Å². The number of phenols is 2. The van der Waals surface area contributed by atoms with E-state index in [1.165, 1.54) is 5.56 Å². The van der Waals surface area contributed by atoms with Crippen molar-refractivity contribution in [2.24, 2.45) is 0 Å². The molecule has 1 unspecified atom stereocenters. The van der Waals surface area contributed by atoms with Gasteiger partial charge in [0.15, 0.2) is 11.5 Å². The second-order valence-corrected chi connectivity index (χ2v) is 6.08. The first-order chi connectivity index (χ1) is 10.4. The highest BCUT2D eigenvalue weighted by molar-refractivity contribution is 5.44. The van der Waals surface area contributed by atoms with E-state index in [2.05, 4.69) is 26.8 Å². The summed E-state index contributed by atoms with van der Waals surface area (Å²) in [4.78, 5) is 0. The molecule has 3 heteroatoms. The Hall–Kier alpha value is -2.16. The largest absolute Gasteiger partial charge is 0.508 e. The molecule has 2 aromatic rings. The van der Waals surface area contributed by atoms with Gasteiger partial charge in [0, 0.05) is 0 Å². The van der Waals surface area contributed by atoms with Crippen LogP contribution in [0.5, 0.6) is 17.2 Å². The molecule has 0 aliphatic rings. The molecule has 118 valence electrons. The second-order valence-electron chi connectivity index (χ2n) is 6.08. The molecule has 0 amide bonds. The molecule has 0 saturated carbocycles. The second kappa shape index (κ2) is 6.73. The number of rotatable bonds is 5. The molecular weight excluding hydrogens is 276 g/mol. The van der Waals surface area contributed by atoms with Crippen LogP contribution in [0, 0.1) is 0 Å². The highest BCUT2D eigenvalue weighted by Crippen LogP contribution is 2.33. The van der Waals surface area contributed by atoms with Gasteiger partial charge in [0.05, 0.1) is 7.11 Å². The van der Waals surface area contributed by atoms with Crippen LogP contribution in [0.15, 0.2) is 36.4 Å². The molecule has 3 nitrogen and oxygen atoms in total. The van der Waals surface area contributed by atoms with Gasteiger partial charge in [-0.15, -0.1) is 0 Å². The van der Waals surface area contributed by atoms with Crippen LogP contribution in [0.25, 0.3) is 0 Å². The Balaban J connectivity index is 2.25. The fourth-order valence-corrected chi connectivity index (χ4v) is 2.58. The van der Waals surface area contributed by atoms with Crippen molar-refractivity contribution in [2.75, 3.05) is 7.11 Å². The monoisotopic (exact) mass is 300 g/mol. The number of hydrogen-bond donors (Lipinski definition) is 2. The minimum absolute atomic E-state index is 0.142. The van der Waals surface area contributed by atoms with E-state index in [0.717, 1.165) is 17.5 Å². The number of methoxy groups -OCH3 is 1. The maximum absolute atomic E-state index is 10.1. The van der Waals surface area contributed by atoms with Crippen LogP contribution in [0.4, 0.5) is 0 Å². The van der Waals surface area contributed by atoms with E-state index in [1.54, 1.807) is 19.2 Å². The van der Waals surface area contributed by atoms with Crippen LogP contribution < -0.4 is 4.74 Å². The maximum Gasteiger partial charge on any atom is 0.160 e. The highest BCUT2D eigenvalue weighted by atomic mass is 16.5. The van der Waals surface area contributed by atoms with Gasteiger partial charge in [-0.2, -0.15) is 0 Å². The van der Waals surface area contributed by atoms with E-state index < -0.39 is 0 Å². The molecule has 0 bridgehead atoms. The molecule has 0 fully saturated rings. The molecular formula is C19H24O3. The average molecular weight is 300 g/mol. The molecule has 0 heterocycles. The first kappa shape index (κ1) is 16.2. The van der Waals surface area contributed by atoms with E-state index in [4.69, 9.17) is 4.74 Å². The van der Waals surface area contributed by atoms with Crippen molar-refractivity contribution in [1.29, 1.82) is 0 Å². The van der Waals surface area contributed by atoms with Crippen LogP contribution in [-0.4, -0.2) is 17.3 Å². The topological polar surface area (TPSA) is 49.7 Å². The van der Waals surface area contributed by atoms with Gasteiger partial charge >= 0.3 is 0 Å². The maximum atomic E-state index is 10.1. The Bertz CT molecular complexity index is 647. The molecule has 2 aromatic carbocycles. The lowest BCUT2D eigenvalue weighted by atomic mass is 9.91. The van der Waals surface area contributed by atoms with Crippen LogP contribution >= 0.6 is 0 Å². The van der Waals surface area contributed by atoms with Crippen molar-refractivity contribution in [2.45, 2.75) is 39.0 Å². The first-order valence-corrected chi connectivity index (χ1v) is 7.61. The minimum atomic E-state index is 0.142. The summed E-state index contributed by atoms with van der Waals surface area (Å²) < 4.78 is 5.16. The van der Waals surface area contributed by atoms with Crippen molar-refractivity contribution < 1.29 is 14.9 Å². The van der Waals surface area contributed by atoms with Gasteiger partial charge in [-0.25, -0.2) is 0 Å². The fourth-order valence-electron chi connectivity index (χ4n) is 2.58. The summed E-state index contributed by atoms with van der Waals surface area (Å²) in [5.74, 6) is 1.60. The molecule has 0 saturated heterocycles. The first-order valence-electron chi connectivity index (χ1n) is 7.61. The molecule has 1 atom stereocenters. The molecule has 2 N–H and O–H groups in total. The third kappa shape index (κ3) is 3.53. The van der Waals surface area contributed by atoms with Gasteiger partial charge in [-0.3, -0.25) is 0 Å². The Morgan fingerprint density at radius 3 is 2.18 bits per heavy atom. The zero-order chi connectivity index (χ0) is 16.3. The summed E-state index contributed by atoms with van der Waals surface area (Å²) in [6.45, 7) is 6.39.